The van der Waals surface area contributed by atoms with Crippen LogP contribution in [0, 0.1) is 11.6 Å². The number of halogens is 2. The van der Waals surface area contributed by atoms with Gasteiger partial charge in [0.25, 0.3) is 0 Å². The summed E-state index contributed by atoms with van der Waals surface area (Å²) in [6.45, 7) is 1.40. The Bertz CT molecular complexity index is 282. The molecule has 0 saturated heterocycles. The Morgan fingerprint density at radius 3 is 2.27 bits per heavy atom. The van der Waals surface area contributed by atoms with E-state index < -0.39 is 11.6 Å². The summed E-state index contributed by atoms with van der Waals surface area (Å²) in [4.78, 5) is 0. The first-order chi connectivity index (χ1) is 7.22. The largest absolute Gasteiger partial charge is 0.385 e. The van der Waals surface area contributed by atoms with E-state index >= 15 is 0 Å². The summed E-state index contributed by atoms with van der Waals surface area (Å²) in [5.41, 5.74) is 5.83. The Kier molecular flexibility index (Phi) is 5.04. The van der Waals surface area contributed by atoms with E-state index in [2.05, 4.69) is 5.32 Å². The number of rotatable bonds is 6. The van der Waals surface area contributed by atoms with Crippen LogP contribution in [0.4, 0.5) is 14.5 Å². The number of nitrogens with one attached hydrogen (secondary N) is 1. The first kappa shape index (κ1) is 11.9. The average Bonchev–Trinajstić information content (AvgIpc) is 2.16. The maximum Gasteiger partial charge on any atom is 0.128 e. The van der Waals surface area contributed by atoms with Crippen LogP contribution in [0.25, 0.3) is 0 Å². The van der Waals surface area contributed by atoms with Crippen LogP contribution >= 0.6 is 0 Å². The topological polar surface area (TPSA) is 38.0 Å². The van der Waals surface area contributed by atoms with Gasteiger partial charge >= 0.3 is 0 Å². The predicted molar refractivity (Wildman–Crippen MR) is 57.8 cm³/mol. The van der Waals surface area contributed by atoms with Gasteiger partial charge in [0.1, 0.15) is 11.6 Å². The molecule has 2 nitrogen and oxygen atoms in total. The van der Waals surface area contributed by atoms with E-state index in [1.807, 2.05) is 0 Å². The van der Waals surface area contributed by atoms with Gasteiger partial charge in [-0.2, -0.15) is 0 Å². The highest BCUT2D eigenvalue weighted by molar-refractivity contribution is 5.43. The van der Waals surface area contributed by atoms with Crippen LogP contribution in [-0.4, -0.2) is 13.1 Å². The molecule has 3 N–H and O–H groups in total. The fourth-order valence-corrected chi connectivity index (χ4v) is 1.33. The quantitative estimate of drug-likeness (QED) is 0.714. The molecule has 0 aliphatic heterocycles. The molecule has 15 heavy (non-hydrogen) atoms. The number of benzene rings is 1. The first-order valence-corrected chi connectivity index (χ1v) is 5.12. The smallest absolute Gasteiger partial charge is 0.128 e. The molecule has 4 heteroatoms. The molecule has 0 fully saturated rings. The Hall–Kier alpha value is -1.16. The molecule has 0 unspecified atom stereocenters. The lowest BCUT2D eigenvalue weighted by atomic mass is 10.2. The zero-order chi connectivity index (χ0) is 11.1. The van der Waals surface area contributed by atoms with Crippen LogP contribution in [0.2, 0.25) is 0 Å². The molecular formula is C11H16F2N2. The van der Waals surface area contributed by atoms with Gasteiger partial charge in [-0.05, 0) is 31.5 Å². The van der Waals surface area contributed by atoms with E-state index in [1.54, 1.807) is 0 Å². The minimum Gasteiger partial charge on any atom is -0.385 e. The van der Waals surface area contributed by atoms with E-state index in [0.29, 0.717) is 18.8 Å². The van der Waals surface area contributed by atoms with Crippen LogP contribution in [-0.2, 0) is 0 Å². The molecular weight excluding hydrogens is 198 g/mol. The highest BCUT2D eigenvalue weighted by Crippen LogP contribution is 2.12. The molecule has 1 aromatic carbocycles. The zero-order valence-corrected chi connectivity index (χ0v) is 8.60. The van der Waals surface area contributed by atoms with Crippen molar-refractivity contribution < 1.29 is 8.78 Å². The summed E-state index contributed by atoms with van der Waals surface area (Å²) in [6, 6.07) is 3.43. The fraction of sp³-hybridized carbons (Fsp3) is 0.455. The lowest BCUT2D eigenvalue weighted by Crippen LogP contribution is -2.04. The molecule has 0 saturated carbocycles. The van der Waals surface area contributed by atoms with Crippen molar-refractivity contribution in [1.29, 1.82) is 0 Å². The van der Waals surface area contributed by atoms with Gasteiger partial charge < -0.3 is 11.1 Å². The summed E-state index contributed by atoms with van der Waals surface area (Å²) in [7, 11) is 0. The molecule has 0 atom stereocenters. The van der Waals surface area contributed by atoms with Crippen LogP contribution in [0.3, 0.4) is 0 Å². The molecule has 0 radical (unpaired) electrons. The number of unbranched alkanes of at least 4 members (excludes halogenated alkanes) is 2. The van der Waals surface area contributed by atoms with Crippen molar-refractivity contribution in [3.63, 3.8) is 0 Å². The Morgan fingerprint density at radius 1 is 1.00 bits per heavy atom. The highest BCUT2D eigenvalue weighted by Gasteiger charge is 1.99. The predicted octanol–water partition coefficient (Wildman–Crippen LogP) is 2.51. The summed E-state index contributed by atoms with van der Waals surface area (Å²) in [6.07, 6.45) is 2.97. The molecule has 1 aromatic rings. The number of anilines is 1. The third kappa shape index (κ3) is 4.74. The average molecular weight is 214 g/mol. The second kappa shape index (κ2) is 6.35. The molecule has 0 aromatic heterocycles. The van der Waals surface area contributed by atoms with Crippen LogP contribution < -0.4 is 11.1 Å². The molecule has 0 bridgehead atoms. The number of nitrogens with two attached hydrogens (primary N) is 1. The molecule has 0 spiro atoms. The monoisotopic (exact) mass is 214 g/mol. The van der Waals surface area contributed by atoms with Crippen LogP contribution in [0.5, 0.6) is 0 Å². The maximum atomic E-state index is 12.8. The minimum absolute atomic E-state index is 0.486. The van der Waals surface area contributed by atoms with Crippen molar-refractivity contribution in [3.8, 4) is 0 Å². The van der Waals surface area contributed by atoms with Gasteiger partial charge in [-0.15, -0.1) is 0 Å². The van der Waals surface area contributed by atoms with Gasteiger partial charge in [0, 0.05) is 18.3 Å². The van der Waals surface area contributed by atoms with Crippen LogP contribution in [0.1, 0.15) is 19.3 Å². The summed E-state index contributed by atoms with van der Waals surface area (Å²) in [5, 5.41) is 2.96. The Labute approximate surface area is 88.5 Å². The van der Waals surface area contributed by atoms with E-state index in [4.69, 9.17) is 5.73 Å². The first-order valence-electron chi connectivity index (χ1n) is 5.12. The van der Waals surface area contributed by atoms with Crippen molar-refractivity contribution in [2.75, 3.05) is 18.4 Å². The Morgan fingerprint density at radius 2 is 1.67 bits per heavy atom. The maximum absolute atomic E-state index is 12.8. The lowest BCUT2D eigenvalue weighted by molar-refractivity contribution is 0.584. The molecule has 0 heterocycles. The summed E-state index contributed by atoms with van der Waals surface area (Å²) in [5.74, 6) is -1.11. The molecule has 0 amide bonds. The second-order valence-corrected chi connectivity index (χ2v) is 3.43. The molecule has 0 aliphatic rings. The standard InChI is InChI=1S/C11H16F2N2/c12-9-6-10(13)8-11(7-9)15-5-3-1-2-4-14/h6-8,15H,1-5,14H2. The van der Waals surface area contributed by atoms with E-state index in [0.717, 1.165) is 25.3 Å². The summed E-state index contributed by atoms with van der Waals surface area (Å²) >= 11 is 0. The van der Waals surface area contributed by atoms with Gasteiger partial charge in [-0.3, -0.25) is 0 Å². The SMILES string of the molecule is NCCCCCNc1cc(F)cc(F)c1. The number of hydrogen-bond acceptors (Lipinski definition) is 2. The van der Waals surface area contributed by atoms with Gasteiger partial charge in [0.15, 0.2) is 0 Å². The van der Waals surface area contributed by atoms with Crippen molar-refractivity contribution in [1.82, 2.24) is 0 Å². The van der Waals surface area contributed by atoms with Crippen molar-refractivity contribution >= 4 is 5.69 Å². The van der Waals surface area contributed by atoms with E-state index in [-0.39, 0.29) is 0 Å². The van der Waals surface area contributed by atoms with Gasteiger partial charge in [-0.1, -0.05) is 6.42 Å². The molecule has 84 valence electrons. The third-order valence-electron chi connectivity index (χ3n) is 2.07. The molecule has 1 rings (SSSR count). The van der Waals surface area contributed by atoms with Crippen molar-refractivity contribution in [2.24, 2.45) is 5.73 Å². The van der Waals surface area contributed by atoms with Gasteiger partial charge in [0.05, 0.1) is 0 Å². The summed E-state index contributed by atoms with van der Waals surface area (Å²) < 4.78 is 25.5. The zero-order valence-electron chi connectivity index (χ0n) is 8.60. The molecule has 0 aliphatic carbocycles. The van der Waals surface area contributed by atoms with Gasteiger partial charge in [-0.25, -0.2) is 8.78 Å². The van der Waals surface area contributed by atoms with E-state index in [9.17, 15) is 8.78 Å². The highest BCUT2D eigenvalue weighted by atomic mass is 19.1. The van der Waals surface area contributed by atoms with Crippen LogP contribution in [0.15, 0.2) is 18.2 Å². The Balaban J connectivity index is 2.31. The normalized spacial score (nSPS) is 10.3. The third-order valence-corrected chi connectivity index (χ3v) is 2.07. The van der Waals surface area contributed by atoms with Crippen molar-refractivity contribution in [2.45, 2.75) is 19.3 Å². The van der Waals surface area contributed by atoms with Crippen molar-refractivity contribution in [3.05, 3.63) is 29.8 Å². The minimum atomic E-state index is -0.556. The van der Waals surface area contributed by atoms with E-state index in [1.165, 1.54) is 12.1 Å². The lowest BCUT2D eigenvalue weighted by Gasteiger charge is -2.06. The fourth-order valence-electron chi connectivity index (χ4n) is 1.33. The van der Waals surface area contributed by atoms with Gasteiger partial charge in [0.2, 0.25) is 0 Å². The number of hydrogen-bond donors (Lipinski definition) is 2. The second-order valence-electron chi connectivity index (χ2n) is 3.43.